The highest BCUT2D eigenvalue weighted by molar-refractivity contribution is 6.11. The molecule has 0 fully saturated rings. The summed E-state index contributed by atoms with van der Waals surface area (Å²) in [6.45, 7) is 30.9. The van der Waals surface area contributed by atoms with Crippen molar-refractivity contribution in [1.29, 1.82) is 0 Å². The van der Waals surface area contributed by atoms with E-state index in [2.05, 4.69) is 177 Å². The van der Waals surface area contributed by atoms with Crippen molar-refractivity contribution in [2.45, 2.75) is 67.3 Å². The molecule has 0 saturated carbocycles. The summed E-state index contributed by atoms with van der Waals surface area (Å²) in [5.74, 6) is 2.79. The second-order valence-electron chi connectivity index (χ2n) is 17.9. The standard InChI is InChI=1S/C64H66N6/c1-11-14-17-25-53(12-2)58(41-47(6)54(13-3)40-48(7)60(65)69-61(55-26-18-15-19-27-55)66-44-51-35-30-45(4)31-36-51)64(9,10)49(8)34-37-50-23-22-24-52(42-50)43-59-67-62(56-28-20-16-21-29-56)70-63(68-59)57-38-32-46(5)33-39-57/h11-16,18-24,26-42H,3,6-8,17,25,43-44H2,1-2,4-5,9-10H3,(H2,65,66,69)/b14-11-,37-34+,53-12-,54-40+,58-41+. The second kappa shape index (κ2) is 24.8. The Labute approximate surface area is 417 Å². The van der Waals surface area contributed by atoms with E-state index in [0.29, 0.717) is 41.8 Å². The van der Waals surface area contributed by atoms with Crippen LogP contribution in [0.3, 0.4) is 0 Å². The predicted molar refractivity (Wildman–Crippen MR) is 299 cm³/mol. The van der Waals surface area contributed by atoms with Crippen molar-refractivity contribution in [2.24, 2.45) is 21.1 Å². The van der Waals surface area contributed by atoms with Gasteiger partial charge in [0, 0.05) is 34.1 Å². The first kappa shape index (κ1) is 51.3. The third-order valence-electron chi connectivity index (χ3n) is 12.2. The highest BCUT2D eigenvalue weighted by Gasteiger charge is 2.28. The molecular formula is C64H66N6. The summed E-state index contributed by atoms with van der Waals surface area (Å²) in [5.41, 5.74) is 19.9. The fraction of sp³-hybridized carbons (Fsp3) is 0.172. The minimum atomic E-state index is -0.498. The Bertz CT molecular complexity index is 3030. The molecule has 2 N–H and O–H groups in total. The number of aryl methyl sites for hydroxylation is 2. The first-order valence-electron chi connectivity index (χ1n) is 23.8. The van der Waals surface area contributed by atoms with E-state index in [9.17, 15) is 0 Å². The van der Waals surface area contributed by atoms with Crippen LogP contribution in [0.25, 0.3) is 28.9 Å². The van der Waals surface area contributed by atoms with Gasteiger partial charge in [-0.3, -0.25) is 4.99 Å². The molecule has 1 heterocycles. The number of aromatic nitrogens is 3. The lowest BCUT2D eigenvalue weighted by Crippen LogP contribution is -2.19. The number of benzene rings is 5. The molecule has 1 aromatic heterocycles. The summed E-state index contributed by atoms with van der Waals surface area (Å²) in [5, 5.41) is 0. The molecule has 6 aromatic rings. The van der Waals surface area contributed by atoms with Gasteiger partial charge >= 0.3 is 0 Å². The van der Waals surface area contributed by atoms with Crippen LogP contribution < -0.4 is 5.73 Å². The molecule has 6 heteroatoms. The zero-order chi connectivity index (χ0) is 50.0. The highest BCUT2D eigenvalue weighted by Crippen LogP contribution is 2.42. The Balaban J connectivity index is 1.26. The zero-order valence-electron chi connectivity index (χ0n) is 41.8. The third-order valence-corrected chi connectivity index (χ3v) is 12.2. The first-order chi connectivity index (χ1) is 33.8. The maximum absolute atomic E-state index is 6.69. The zero-order valence-corrected chi connectivity index (χ0v) is 41.8. The van der Waals surface area contributed by atoms with Crippen molar-refractivity contribution in [3.05, 3.63) is 275 Å². The molecule has 352 valence electrons. The average Bonchev–Trinajstić information content (AvgIpc) is 3.37. The van der Waals surface area contributed by atoms with E-state index in [1.54, 1.807) is 6.08 Å². The molecule has 6 rings (SSSR count). The monoisotopic (exact) mass is 919 g/mol. The van der Waals surface area contributed by atoms with Crippen molar-refractivity contribution in [2.75, 3.05) is 0 Å². The van der Waals surface area contributed by atoms with Crippen molar-refractivity contribution < 1.29 is 0 Å². The van der Waals surface area contributed by atoms with Gasteiger partial charge in [-0.2, -0.15) is 0 Å². The molecule has 70 heavy (non-hydrogen) atoms. The van der Waals surface area contributed by atoms with Crippen LogP contribution in [0.15, 0.2) is 246 Å². The fourth-order valence-electron chi connectivity index (χ4n) is 7.75. The Hall–Kier alpha value is -8.09. The minimum absolute atomic E-state index is 0.253. The molecule has 0 aliphatic carbocycles. The highest BCUT2D eigenvalue weighted by atomic mass is 15.0. The van der Waals surface area contributed by atoms with E-state index < -0.39 is 5.41 Å². The number of rotatable bonds is 20. The van der Waals surface area contributed by atoms with Gasteiger partial charge in [-0.15, -0.1) is 0 Å². The molecule has 6 nitrogen and oxygen atoms in total. The molecule has 0 aliphatic rings. The van der Waals surface area contributed by atoms with Crippen LogP contribution in [0.1, 0.15) is 79.7 Å². The summed E-state index contributed by atoms with van der Waals surface area (Å²) in [6.07, 6.45) is 18.8. The van der Waals surface area contributed by atoms with Crippen LogP contribution >= 0.6 is 0 Å². The number of amidine groups is 2. The van der Waals surface area contributed by atoms with Gasteiger partial charge in [0.15, 0.2) is 17.5 Å². The van der Waals surface area contributed by atoms with Gasteiger partial charge in [0.1, 0.15) is 11.7 Å². The Kier molecular flexibility index (Phi) is 18.2. The molecule has 5 aromatic carbocycles. The SMILES string of the molecule is C=C/C(=C\C(=C)C(N)=NC(=NCc1ccc(C)cc1)c1ccccc1)C(=C)/C=C(\C(=C/C)CC/C=C\C)C(C)(C)C(=C)/C=C/c1cccc(Cc2nc(-c3ccccc3)nc(-c3ccc(C)cc3)n2)c1. The molecule has 0 amide bonds. The normalized spacial score (nSPS) is 13.0. The van der Waals surface area contributed by atoms with Crippen molar-refractivity contribution in [1.82, 2.24) is 15.0 Å². The average molecular weight is 919 g/mol. The number of hydrogen-bond acceptors (Lipinski definition) is 4. The fourth-order valence-corrected chi connectivity index (χ4v) is 7.75. The second-order valence-corrected chi connectivity index (χ2v) is 17.9. The van der Waals surface area contributed by atoms with E-state index in [1.807, 2.05) is 66.7 Å². The Morgan fingerprint density at radius 1 is 0.700 bits per heavy atom. The van der Waals surface area contributed by atoms with Crippen LogP contribution in [0, 0.1) is 19.3 Å². The van der Waals surface area contributed by atoms with Gasteiger partial charge in [-0.1, -0.05) is 227 Å². The van der Waals surface area contributed by atoms with Crippen LogP contribution in [0.5, 0.6) is 0 Å². The van der Waals surface area contributed by atoms with Gasteiger partial charge in [-0.25, -0.2) is 19.9 Å². The van der Waals surface area contributed by atoms with Crippen molar-refractivity contribution in [3.63, 3.8) is 0 Å². The van der Waals surface area contributed by atoms with Crippen LogP contribution in [0.2, 0.25) is 0 Å². The van der Waals surface area contributed by atoms with Crippen LogP contribution in [-0.4, -0.2) is 26.6 Å². The molecule has 0 aliphatic heterocycles. The maximum atomic E-state index is 6.69. The largest absolute Gasteiger partial charge is 0.383 e. The van der Waals surface area contributed by atoms with Gasteiger partial charge in [0.2, 0.25) is 0 Å². The molecule has 0 bridgehead atoms. The van der Waals surface area contributed by atoms with Crippen LogP contribution in [0.4, 0.5) is 0 Å². The predicted octanol–water partition coefficient (Wildman–Crippen LogP) is 15.5. The number of nitrogens with zero attached hydrogens (tertiary/aromatic N) is 5. The van der Waals surface area contributed by atoms with Gasteiger partial charge in [0.05, 0.1) is 6.54 Å². The van der Waals surface area contributed by atoms with E-state index in [1.165, 1.54) is 16.7 Å². The van der Waals surface area contributed by atoms with Gasteiger partial charge < -0.3 is 5.73 Å². The smallest absolute Gasteiger partial charge is 0.163 e. The lowest BCUT2D eigenvalue weighted by Gasteiger charge is -2.32. The summed E-state index contributed by atoms with van der Waals surface area (Å²) in [6, 6.07) is 45.0. The van der Waals surface area contributed by atoms with Gasteiger partial charge in [0.25, 0.3) is 0 Å². The Morgan fingerprint density at radius 2 is 1.33 bits per heavy atom. The quantitative estimate of drug-likeness (QED) is 0.0357. The Morgan fingerprint density at radius 3 is 1.96 bits per heavy atom. The number of hydrogen-bond donors (Lipinski definition) is 1. The molecule has 0 atom stereocenters. The van der Waals surface area contributed by atoms with Gasteiger partial charge in [-0.05, 0) is 91.2 Å². The molecule has 0 saturated heterocycles. The summed E-state index contributed by atoms with van der Waals surface area (Å²) >= 11 is 0. The lowest BCUT2D eigenvalue weighted by molar-refractivity contribution is 0.555. The van der Waals surface area contributed by atoms with Crippen molar-refractivity contribution >= 4 is 17.7 Å². The number of aliphatic imine (C=N–C) groups is 2. The van der Waals surface area contributed by atoms with E-state index >= 15 is 0 Å². The summed E-state index contributed by atoms with van der Waals surface area (Å²) < 4.78 is 0. The first-order valence-corrected chi connectivity index (χ1v) is 23.8. The number of allylic oxidation sites excluding steroid dienone is 11. The number of nitrogens with two attached hydrogens (primary N) is 1. The van der Waals surface area contributed by atoms with E-state index in [4.69, 9.17) is 30.7 Å². The van der Waals surface area contributed by atoms with Crippen molar-refractivity contribution in [3.8, 4) is 22.8 Å². The molecule has 0 radical (unpaired) electrons. The topological polar surface area (TPSA) is 89.4 Å². The third kappa shape index (κ3) is 14.2. The molecule has 0 unspecified atom stereocenters. The van der Waals surface area contributed by atoms with E-state index in [-0.39, 0.29) is 5.84 Å². The van der Waals surface area contributed by atoms with Crippen LogP contribution in [-0.2, 0) is 13.0 Å². The lowest BCUT2D eigenvalue weighted by atomic mass is 9.72. The maximum Gasteiger partial charge on any atom is 0.163 e. The summed E-state index contributed by atoms with van der Waals surface area (Å²) in [4.78, 5) is 24.5. The summed E-state index contributed by atoms with van der Waals surface area (Å²) in [7, 11) is 0. The minimum Gasteiger partial charge on any atom is -0.383 e. The molecular weight excluding hydrogens is 853 g/mol. The van der Waals surface area contributed by atoms with E-state index in [0.717, 1.165) is 68.5 Å². The molecule has 0 spiro atoms.